The number of hydrogen-bond donors (Lipinski definition) is 2. The topological polar surface area (TPSA) is 67.0 Å². The molecular formula is C12H12FN3O2. The molecule has 0 aliphatic heterocycles. The number of methoxy groups -OCH3 is 1. The summed E-state index contributed by atoms with van der Waals surface area (Å²) >= 11 is 0. The van der Waals surface area contributed by atoms with Crippen LogP contribution in [0.1, 0.15) is 15.9 Å². The molecular weight excluding hydrogens is 237 g/mol. The molecule has 0 spiro atoms. The Morgan fingerprint density at radius 2 is 2.39 bits per heavy atom. The van der Waals surface area contributed by atoms with E-state index in [1.807, 2.05) is 0 Å². The molecule has 0 saturated carbocycles. The molecule has 0 radical (unpaired) electrons. The average Bonchev–Trinajstić information content (AvgIpc) is 2.89. The fraction of sp³-hybridized carbons (Fsp3) is 0.167. The number of aromatic amines is 1. The second-order valence-electron chi connectivity index (χ2n) is 3.64. The van der Waals surface area contributed by atoms with Crippen LogP contribution in [-0.2, 0) is 6.54 Å². The maximum Gasteiger partial charge on any atom is 0.251 e. The monoisotopic (exact) mass is 249 g/mol. The van der Waals surface area contributed by atoms with Gasteiger partial charge in [0.25, 0.3) is 5.91 Å². The van der Waals surface area contributed by atoms with Crippen LogP contribution in [-0.4, -0.2) is 23.2 Å². The number of H-pyrrole nitrogens is 1. The van der Waals surface area contributed by atoms with Crippen LogP contribution in [0.25, 0.3) is 0 Å². The van der Waals surface area contributed by atoms with Crippen LogP contribution in [0, 0.1) is 5.82 Å². The first-order valence-electron chi connectivity index (χ1n) is 5.30. The number of hydrogen-bond acceptors (Lipinski definition) is 3. The molecule has 5 nitrogen and oxygen atoms in total. The van der Waals surface area contributed by atoms with Crippen molar-refractivity contribution in [1.82, 2.24) is 15.5 Å². The Kier molecular flexibility index (Phi) is 3.57. The van der Waals surface area contributed by atoms with E-state index >= 15 is 0 Å². The number of amides is 1. The summed E-state index contributed by atoms with van der Waals surface area (Å²) in [6.07, 6.45) is 3.28. The highest BCUT2D eigenvalue weighted by molar-refractivity contribution is 5.94. The molecule has 0 atom stereocenters. The van der Waals surface area contributed by atoms with E-state index in [-0.39, 0.29) is 17.2 Å². The summed E-state index contributed by atoms with van der Waals surface area (Å²) in [6, 6.07) is 4.07. The maximum absolute atomic E-state index is 13.4. The largest absolute Gasteiger partial charge is 0.494 e. The van der Waals surface area contributed by atoms with Crippen molar-refractivity contribution in [2.45, 2.75) is 6.54 Å². The molecule has 0 unspecified atom stereocenters. The fourth-order valence-electron chi connectivity index (χ4n) is 1.47. The number of aromatic nitrogens is 2. The van der Waals surface area contributed by atoms with Crippen molar-refractivity contribution in [1.29, 1.82) is 0 Å². The van der Waals surface area contributed by atoms with Crippen molar-refractivity contribution < 1.29 is 13.9 Å². The fourth-order valence-corrected chi connectivity index (χ4v) is 1.47. The van der Waals surface area contributed by atoms with Gasteiger partial charge >= 0.3 is 0 Å². The Hall–Kier alpha value is -2.37. The van der Waals surface area contributed by atoms with Crippen molar-refractivity contribution in [3.05, 3.63) is 47.5 Å². The minimum Gasteiger partial charge on any atom is -0.494 e. The summed E-state index contributed by atoms with van der Waals surface area (Å²) in [4.78, 5) is 11.7. The van der Waals surface area contributed by atoms with Crippen molar-refractivity contribution in [3.63, 3.8) is 0 Å². The molecule has 0 aliphatic rings. The quantitative estimate of drug-likeness (QED) is 0.862. The van der Waals surface area contributed by atoms with Gasteiger partial charge in [0.2, 0.25) is 0 Å². The molecule has 1 aromatic heterocycles. The van der Waals surface area contributed by atoms with E-state index < -0.39 is 5.82 Å². The number of nitrogens with zero attached hydrogens (tertiary/aromatic N) is 1. The number of ether oxygens (including phenoxy) is 1. The van der Waals surface area contributed by atoms with Crippen LogP contribution in [0.4, 0.5) is 4.39 Å². The highest BCUT2D eigenvalue weighted by Gasteiger charge is 2.09. The first-order valence-corrected chi connectivity index (χ1v) is 5.30. The Bertz CT molecular complexity index is 540. The summed E-state index contributed by atoms with van der Waals surface area (Å²) in [5.74, 6) is -0.799. The van der Waals surface area contributed by atoms with E-state index in [4.69, 9.17) is 4.74 Å². The average molecular weight is 249 g/mol. The molecule has 1 aromatic carbocycles. The normalized spacial score (nSPS) is 10.1. The van der Waals surface area contributed by atoms with Gasteiger partial charge in [-0.2, -0.15) is 5.10 Å². The Morgan fingerprint density at radius 1 is 1.56 bits per heavy atom. The summed E-state index contributed by atoms with van der Waals surface area (Å²) in [5.41, 5.74) is 1.09. The molecule has 2 N–H and O–H groups in total. The zero-order valence-electron chi connectivity index (χ0n) is 9.74. The lowest BCUT2D eigenvalue weighted by atomic mass is 10.2. The van der Waals surface area contributed by atoms with Crippen molar-refractivity contribution in [2.24, 2.45) is 0 Å². The third-order valence-electron chi connectivity index (χ3n) is 2.42. The van der Waals surface area contributed by atoms with E-state index in [2.05, 4.69) is 15.5 Å². The number of carbonyl (C=O) groups excluding carboxylic acids is 1. The summed E-state index contributed by atoms with van der Waals surface area (Å²) < 4.78 is 18.2. The van der Waals surface area contributed by atoms with Gasteiger partial charge in [-0.1, -0.05) is 0 Å². The number of rotatable bonds is 4. The van der Waals surface area contributed by atoms with Gasteiger partial charge in [-0.3, -0.25) is 9.89 Å². The molecule has 2 aromatic rings. The molecule has 6 heteroatoms. The van der Waals surface area contributed by atoms with Crippen molar-refractivity contribution in [3.8, 4) is 5.75 Å². The van der Waals surface area contributed by atoms with E-state index in [9.17, 15) is 9.18 Å². The Morgan fingerprint density at radius 3 is 3.00 bits per heavy atom. The number of carbonyl (C=O) groups is 1. The first-order chi connectivity index (χ1) is 8.70. The minimum absolute atomic E-state index is 0.112. The van der Waals surface area contributed by atoms with Crippen LogP contribution in [0.5, 0.6) is 5.75 Å². The molecule has 94 valence electrons. The summed E-state index contributed by atoms with van der Waals surface area (Å²) in [5, 5.41) is 9.06. The van der Waals surface area contributed by atoms with Gasteiger partial charge in [-0.05, 0) is 18.2 Å². The number of halogens is 1. The lowest BCUT2D eigenvalue weighted by molar-refractivity contribution is 0.0950. The first kappa shape index (κ1) is 12.1. The highest BCUT2D eigenvalue weighted by atomic mass is 19.1. The second-order valence-corrected chi connectivity index (χ2v) is 3.64. The molecule has 2 rings (SSSR count). The third-order valence-corrected chi connectivity index (χ3v) is 2.42. The van der Waals surface area contributed by atoms with Gasteiger partial charge in [0.15, 0.2) is 11.6 Å². The molecule has 0 fully saturated rings. The van der Waals surface area contributed by atoms with Gasteiger partial charge in [0.1, 0.15) is 0 Å². The SMILES string of the molecule is COc1ccc(C(=O)NCc2cn[nH]c2)cc1F. The number of benzene rings is 1. The molecule has 18 heavy (non-hydrogen) atoms. The predicted molar refractivity (Wildman–Crippen MR) is 62.7 cm³/mol. The van der Waals surface area contributed by atoms with Gasteiger partial charge in [0, 0.05) is 23.9 Å². The highest BCUT2D eigenvalue weighted by Crippen LogP contribution is 2.17. The molecule has 0 bridgehead atoms. The van der Waals surface area contributed by atoms with Crippen molar-refractivity contribution >= 4 is 5.91 Å². The van der Waals surface area contributed by atoms with E-state index in [1.165, 1.54) is 19.2 Å². The summed E-state index contributed by atoms with van der Waals surface area (Å²) in [7, 11) is 1.37. The van der Waals surface area contributed by atoms with Crippen LogP contribution >= 0.6 is 0 Å². The van der Waals surface area contributed by atoms with E-state index in [0.717, 1.165) is 11.6 Å². The lowest BCUT2D eigenvalue weighted by Gasteiger charge is -2.06. The molecule has 0 aliphatic carbocycles. The Balaban J connectivity index is 2.02. The van der Waals surface area contributed by atoms with Crippen molar-refractivity contribution in [2.75, 3.05) is 7.11 Å². The minimum atomic E-state index is -0.562. The zero-order chi connectivity index (χ0) is 13.0. The van der Waals surface area contributed by atoms with Crippen LogP contribution < -0.4 is 10.1 Å². The van der Waals surface area contributed by atoms with Gasteiger partial charge in [-0.15, -0.1) is 0 Å². The van der Waals surface area contributed by atoms with Gasteiger partial charge in [-0.25, -0.2) is 4.39 Å². The third kappa shape index (κ3) is 2.65. The second kappa shape index (κ2) is 5.31. The zero-order valence-corrected chi connectivity index (χ0v) is 9.74. The van der Waals surface area contributed by atoms with E-state index in [1.54, 1.807) is 12.4 Å². The summed E-state index contributed by atoms with van der Waals surface area (Å²) in [6.45, 7) is 0.336. The number of nitrogens with one attached hydrogen (secondary N) is 2. The smallest absolute Gasteiger partial charge is 0.251 e. The van der Waals surface area contributed by atoms with Gasteiger partial charge < -0.3 is 10.1 Å². The van der Waals surface area contributed by atoms with Crippen LogP contribution in [0.15, 0.2) is 30.6 Å². The van der Waals surface area contributed by atoms with E-state index in [0.29, 0.717) is 6.54 Å². The molecule has 0 saturated heterocycles. The van der Waals surface area contributed by atoms with Gasteiger partial charge in [0.05, 0.1) is 13.3 Å². The van der Waals surface area contributed by atoms with Crippen LogP contribution in [0.2, 0.25) is 0 Å². The van der Waals surface area contributed by atoms with Crippen LogP contribution in [0.3, 0.4) is 0 Å². The molecule has 1 heterocycles. The lowest BCUT2D eigenvalue weighted by Crippen LogP contribution is -2.22. The Labute approximate surface area is 103 Å². The predicted octanol–water partition coefficient (Wildman–Crippen LogP) is 1.49. The molecule has 1 amide bonds. The maximum atomic E-state index is 13.4. The standard InChI is InChI=1S/C12H12FN3O2/c1-18-11-3-2-9(4-10(11)13)12(17)14-5-8-6-15-16-7-8/h2-4,6-7H,5H2,1H3,(H,14,17)(H,15,16).